The zero-order valence-electron chi connectivity index (χ0n) is 14.8. The zero-order valence-corrected chi connectivity index (χ0v) is 14.8. The molecule has 9 heteroatoms. The number of carbonyl (C=O) groups excluding carboxylic acids is 4. The van der Waals surface area contributed by atoms with Gasteiger partial charge in [0.15, 0.2) is 11.6 Å². The van der Waals surface area contributed by atoms with Crippen molar-refractivity contribution >= 4 is 23.3 Å². The fraction of sp³-hybridized carbons (Fsp3) is 0.294. The summed E-state index contributed by atoms with van der Waals surface area (Å²) in [5, 5.41) is 0. The summed E-state index contributed by atoms with van der Waals surface area (Å²) in [6.07, 6.45) is 5.19. The molecule has 0 N–H and O–H groups in total. The van der Waals surface area contributed by atoms with Gasteiger partial charge in [0.1, 0.15) is 11.4 Å². The molecule has 26 heavy (non-hydrogen) atoms. The van der Waals surface area contributed by atoms with Crippen LogP contribution in [0.2, 0.25) is 0 Å². The molecular formula is C17H18N4O5. The highest BCUT2D eigenvalue weighted by atomic mass is 16.5. The first-order valence-electron chi connectivity index (χ1n) is 7.47. The number of carbonyl (C=O) groups is 4. The van der Waals surface area contributed by atoms with Crippen LogP contribution in [-0.2, 0) is 14.3 Å². The lowest BCUT2D eigenvalue weighted by atomic mass is 10.1. The Morgan fingerprint density at radius 1 is 0.846 bits per heavy atom. The Morgan fingerprint density at radius 2 is 1.35 bits per heavy atom. The van der Waals surface area contributed by atoms with Crippen LogP contribution in [0.5, 0.6) is 0 Å². The number of aromatic nitrogens is 4. The van der Waals surface area contributed by atoms with E-state index in [1.165, 1.54) is 25.5 Å². The Hall–Kier alpha value is -3.36. The van der Waals surface area contributed by atoms with Crippen molar-refractivity contribution in [2.45, 2.75) is 27.2 Å². The van der Waals surface area contributed by atoms with Crippen LogP contribution < -0.4 is 0 Å². The van der Waals surface area contributed by atoms with Gasteiger partial charge in [-0.2, -0.15) is 0 Å². The van der Waals surface area contributed by atoms with Gasteiger partial charge in [-0.15, -0.1) is 0 Å². The van der Waals surface area contributed by atoms with Crippen LogP contribution in [0.25, 0.3) is 0 Å². The number of methoxy groups -OCH3 is 1. The summed E-state index contributed by atoms with van der Waals surface area (Å²) in [5.41, 5.74) is 1.97. The fourth-order valence-electron chi connectivity index (χ4n) is 1.53. The fourth-order valence-corrected chi connectivity index (χ4v) is 1.53. The Bertz CT molecular complexity index is 801. The van der Waals surface area contributed by atoms with Crippen LogP contribution in [0.1, 0.15) is 45.7 Å². The summed E-state index contributed by atoms with van der Waals surface area (Å²) in [4.78, 5) is 59.4. The van der Waals surface area contributed by atoms with E-state index in [1.54, 1.807) is 13.1 Å². The van der Waals surface area contributed by atoms with E-state index in [4.69, 9.17) is 0 Å². The number of esters is 1. The Balaban J connectivity index is 0.000000289. The number of aryl methyl sites for hydroxylation is 2. The monoisotopic (exact) mass is 358 g/mol. The van der Waals surface area contributed by atoms with Gasteiger partial charge in [0, 0.05) is 19.3 Å². The predicted molar refractivity (Wildman–Crippen MR) is 89.5 cm³/mol. The lowest BCUT2D eigenvalue weighted by molar-refractivity contribution is -0.151. The first kappa shape index (κ1) is 20.7. The second-order valence-electron chi connectivity index (χ2n) is 5.16. The molecule has 2 aromatic rings. The van der Waals surface area contributed by atoms with Gasteiger partial charge in [0.05, 0.1) is 37.3 Å². The molecule has 9 nitrogen and oxygen atoms in total. The largest absolute Gasteiger partial charge is 0.463 e. The van der Waals surface area contributed by atoms with E-state index in [0.717, 1.165) is 12.8 Å². The van der Waals surface area contributed by atoms with Crippen molar-refractivity contribution in [1.29, 1.82) is 0 Å². The van der Waals surface area contributed by atoms with Crippen molar-refractivity contribution in [3.8, 4) is 0 Å². The van der Waals surface area contributed by atoms with E-state index in [2.05, 4.69) is 24.7 Å². The molecule has 0 aliphatic rings. The molecule has 2 aromatic heterocycles. The molecule has 2 heterocycles. The highest BCUT2D eigenvalue weighted by Gasteiger charge is 2.20. The van der Waals surface area contributed by atoms with Gasteiger partial charge in [-0.05, 0) is 13.8 Å². The van der Waals surface area contributed by atoms with Crippen LogP contribution in [0.4, 0.5) is 0 Å². The average molecular weight is 358 g/mol. The molecule has 0 radical (unpaired) electrons. The zero-order chi connectivity index (χ0) is 19.7. The Morgan fingerprint density at radius 3 is 1.73 bits per heavy atom. The summed E-state index contributed by atoms with van der Waals surface area (Å²) in [6, 6.07) is 0. The minimum absolute atomic E-state index is 0.0486. The summed E-state index contributed by atoms with van der Waals surface area (Å²) in [5.74, 6) is -2.53. The first-order valence-corrected chi connectivity index (χ1v) is 7.47. The highest BCUT2D eigenvalue weighted by Crippen LogP contribution is 2.00. The van der Waals surface area contributed by atoms with Gasteiger partial charge in [-0.25, -0.2) is 14.8 Å². The number of hydrogen-bond donors (Lipinski definition) is 0. The first-order chi connectivity index (χ1) is 12.2. The van der Waals surface area contributed by atoms with Crippen molar-refractivity contribution < 1.29 is 23.9 Å². The van der Waals surface area contributed by atoms with Crippen molar-refractivity contribution in [3.05, 3.63) is 47.6 Å². The summed E-state index contributed by atoms with van der Waals surface area (Å²) < 4.78 is 4.19. The van der Waals surface area contributed by atoms with Gasteiger partial charge in [-0.3, -0.25) is 24.4 Å². The van der Waals surface area contributed by atoms with Gasteiger partial charge < -0.3 is 4.74 Å². The van der Waals surface area contributed by atoms with Gasteiger partial charge in [0.2, 0.25) is 5.78 Å². The number of nitrogens with zero attached hydrogens (tertiary/aromatic N) is 4. The topological polar surface area (TPSA) is 129 Å². The molecule has 136 valence electrons. The van der Waals surface area contributed by atoms with E-state index in [9.17, 15) is 19.2 Å². The van der Waals surface area contributed by atoms with E-state index < -0.39 is 24.0 Å². The Labute approximate surface area is 149 Å². The van der Waals surface area contributed by atoms with Crippen LogP contribution in [0.3, 0.4) is 0 Å². The minimum atomic E-state index is -1.03. The lowest BCUT2D eigenvalue weighted by Crippen LogP contribution is -2.19. The molecule has 0 bridgehead atoms. The molecule has 0 spiro atoms. The summed E-state index contributed by atoms with van der Waals surface area (Å²) in [6.45, 7) is 5.02. The summed E-state index contributed by atoms with van der Waals surface area (Å²) in [7, 11) is 1.08. The molecule has 0 aromatic carbocycles. The maximum atomic E-state index is 11.5. The molecule has 0 aliphatic carbocycles. The maximum absolute atomic E-state index is 11.5. The second-order valence-corrected chi connectivity index (χ2v) is 5.16. The van der Waals surface area contributed by atoms with Crippen LogP contribution >= 0.6 is 0 Å². The number of Topliss-reactive ketones (excluding diaryl/α,β-unsaturated/α-hetero) is 3. The number of ether oxygens (including phenoxy) is 1. The van der Waals surface area contributed by atoms with E-state index >= 15 is 0 Å². The Kier molecular flexibility index (Phi) is 7.81. The molecule has 0 saturated carbocycles. The van der Waals surface area contributed by atoms with E-state index in [-0.39, 0.29) is 11.5 Å². The van der Waals surface area contributed by atoms with E-state index in [1.807, 2.05) is 6.92 Å². The smallest absolute Gasteiger partial charge is 0.374 e. The molecule has 0 fully saturated rings. The van der Waals surface area contributed by atoms with Crippen molar-refractivity contribution in [2.75, 3.05) is 7.11 Å². The number of hydrogen-bond acceptors (Lipinski definition) is 9. The molecule has 0 saturated heterocycles. The molecule has 0 amide bonds. The molecule has 0 unspecified atom stereocenters. The van der Waals surface area contributed by atoms with Crippen LogP contribution in [0.15, 0.2) is 24.8 Å². The van der Waals surface area contributed by atoms with Gasteiger partial charge in [0.25, 0.3) is 0 Å². The van der Waals surface area contributed by atoms with Crippen LogP contribution in [0, 0.1) is 13.8 Å². The molecular weight excluding hydrogens is 340 g/mol. The predicted octanol–water partition coefficient (Wildman–Crippen LogP) is 1.09. The van der Waals surface area contributed by atoms with Crippen molar-refractivity contribution in [3.63, 3.8) is 0 Å². The second kappa shape index (κ2) is 9.82. The van der Waals surface area contributed by atoms with Crippen molar-refractivity contribution in [1.82, 2.24) is 19.9 Å². The standard InChI is InChI=1S/C10H10N2O4.C7H8N2O/c1-6-4-12-7(5-11-6)8(13)3-9(14)10(15)16-2;1-5-3-9-7(4-8-5)6(2)10/h4-5H,3H2,1-2H3;3-4H,1-2H3. The molecule has 0 aliphatic heterocycles. The number of rotatable bonds is 5. The molecule has 0 atom stereocenters. The normalized spacial score (nSPS) is 9.54. The third kappa shape index (κ3) is 6.63. The third-order valence-corrected chi connectivity index (χ3v) is 2.94. The SMILES string of the molecule is CC(=O)c1cnc(C)cn1.COC(=O)C(=O)CC(=O)c1cnc(C)cn1. The maximum Gasteiger partial charge on any atom is 0.374 e. The lowest BCUT2D eigenvalue weighted by Gasteiger charge is -1.99. The highest BCUT2D eigenvalue weighted by molar-refractivity contribution is 6.37. The van der Waals surface area contributed by atoms with E-state index in [0.29, 0.717) is 11.4 Å². The molecule has 2 rings (SSSR count). The number of ketones is 3. The third-order valence-electron chi connectivity index (χ3n) is 2.94. The van der Waals surface area contributed by atoms with Crippen LogP contribution in [-0.4, -0.2) is 50.4 Å². The average Bonchev–Trinajstić information content (AvgIpc) is 2.62. The minimum Gasteiger partial charge on any atom is -0.463 e. The van der Waals surface area contributed by atoms with Gasteiger partial charge >= 0.3 is 5.97 Å². The van der Waals surface area contributed by atoms with Crippen molar-refractivity contribution in [2.24, 2.45) is 0 Å². The van der Waals surface area contributed by atoms with Gasteiger partial charge in [-0.1, -0.05) is 0 Å². The summed E-state index contributed by atoms with van der Waals surface area (Å²) >= 11 is 0. The quantitative estimate of drug-likeness (QED) is 0.333.